The Morgan fingerprint density at radius 2 is 1.68 bits per heavy atom. The topological polar surface area (TPSA) is 62.5 Å². The van der Waals surface area contributed by atoms with E-state index in [0.717, 1.165) is 50.5 Å². The fourth-order valence-electron chi connectivity index (χ4n) is 4.31. The van der Waals surface area contributed by atoms with Gasteiger partial charge in [-0.15, -0.1) is 0 Å². The van der Waals surface area contributed by atoms with Gasteiger partial charge in [-0.05, 0) is 32.6 Å². The number of pyridine rings is 1. The van der Waals surface area contributed by atoms with E-state index in [-0.39, 0.29) is 11.8 Å². The maximum absolute atomic E-state index is 11.4. The molecular formula is C20H26N4O. The third-order valence-electron chi connectivity index (χ3n) is 5.66. The minimum Gasteiger partial charge on any atom is -0.370 e. The summed E-state index contributed by atoms with van der Waals surface area (Å²) >= 11 is 0. The van der Waals surface area contributed by atoms with Gasteiger partial charge in [0.05, 0.1) is 11.4 Å². The molecule has 5 nitrogen and oxygen atoms in total. The lowest BCUT2D eigenvalue weighted by molar-refractivity contribution is -0.122. The van der Waals surface area contributed by atoms with Crippen LogP contribution in [0.5, 0.6) is 0 Å². The Hall–Kier alpha value is -2.30. The zero-order valence-electron chi connectivity index (χ0n) is 14.9. The standard InChI is InChI=1S/C20H26N4O/c1-14-18(23-10-4-5-11-23)16-6-2-3-7-17(16)20(22-14)24-12-8-15(9-13-24)19(21)25/h2-3,6-7,15H,4-5,8-13H2,1H3,(H2,21,25). The van der Waals surface area contributed by atoms with Crippen LogP contribution in [0.2, 0.25) is 0 Å². The molecule has 5 heteroatoms. The molecule has 2 saturated heterocycles. The van der Waals surface area contributed by atoms with Crippen LogP contribution in [0.3, 0.4) is 0 Å². The first-order valence-corrected chi connectivity index (χ1v) is 9.33. The monoisotopic (exact) mass is 338 g/mol. The molecule has 2 N–H and O–H groups in total. The number of benzene rings is 1. The number of carbonyl (C=O) groups excluding carboxylic acids is 1. The van der Waals surface area contributed by atoms with Gasteiger partial charge in [0.2, 0.25) is 5.91 Å². The number of hydrogen-bond donors (Lipinski definition) is 1. The summed E-state index contributed by atoms with van der Waals surface area (Å²) < 4.78 is 0. The van der Waals surface area contributed by atoms with E-state index in [1.54, 1.807) is 0 Å². The summed E-state index contributed by atoms with van der Waals surface area (Å²) in [5.41, 5.74) is 7.88. The van der Waals surface area contributed by atoms with Crippen molar-refractivity contribution in [1.82, 2.24) is 4.98 Å². The fraction of sp³-hybridized carbons (Fsp3) is 0.500. The summed E-state index contributed by atoms with van der Waals surface area (Å²) in [6.07, 6.45) is 4.16. The van der Waals surface area contributed by atoms with Crippen molar-refractivity contribution in [2.75, 3.05) is 36.0 Å². The van der Waals surface area contributed by atoms with E-state index in [1.807, 2.05) is 0 Å². The van der Waals surface area contributed by atoms with Gasteiger partial charge in [-0.1, -0.05) is 24.3 Å². The molecule has 2 aromatic rings. The molecule has 0 unspecified atom stereocenters. The third-order valence-corrected chi connectivity index (χ3v) is 5.66. The van der Waals surface area contributed by atoms with E-state index in [2.05, 4.69) is 41.0 Å². The van der Waals surface area contributed by atoms with Crippen molar-refractivity contribution in [2.45, 2.75) is 32.6 Å². The van der Waals surface area contributed by atoms with E-state index >= 15 is 0 Å². The van der Waals surface area contributed by atoms with Gasteiger partial charge in [0, 0.05) is 42.9 Å². The van der Waals surface area contributed by atoms with Crippen molar-refractivity contribution >= 4 is 28.2 Å². The first kappa shape index (κ1) is 16.2. The van der Waals surface area contributed by atoms with E-state index in [4.69, 9.17) is 10.7 Å². The second-order valence-electron chi connectivity index (χ2n) is 7.27. The summed E-state index contributed by atoms with van der Waals surface area (Å²) in [6, 6.07) is 8.60. The number of nitrogens with two attached hydrogens (primary N) is 1. The molecule has 0 aliphatic carbocycles. The quantitative estimate of drug-likeness (QED) is 0.935. The molecule has 2 fully saturated rings. The second kappa shape index (κ2) is 6.54. The van der Waals surface area contributed by atoms with Crippen molar-refractivity contribution in [3.05, 3.63) is 30.0 Å². The Labute approximate surface area is 148 Å². The Balaban J connectivity index is 1.73. The normalized spacial score (nSPS) is 18.9. The number of hydrogen-bond acceptors (Lipinski definition) is 4. The maximum atomic E-state index is 11.4. The average molecular weight is 338 g/mol. The molecule has 1 aromatic carbocycles. The zero-order chi connectivity index (χ0) is 17.4. The lowest BCUT2D eigenvalue weighted by Crippen LogP contribution is -2.39. The highest BCUT2D eigenvalue weighted by molar-refractivity contribution is 6.01. The number of nitrogens with zero attached hydrogens (tertiary/aromatic N) is 3. The number of amides is 1. The van der Waals surface area contributed by atoms with Gasteiger partial charge in [0.25, 0.3) is 0 Å². The minimum absolute atomic E-state index is 0.00693. The lowest BCUT2D eigenvalue weighted by atomic mass is 9.96. The van der Waals surface area contributed by atoms with E-state index < -0.39 is 0 Å². The smallest absolute Gasteiger partial charge is 0.220 e. The number of anilines is 2. The summed E-state index contributed by atoms with van der Waals surface area (Å²) in [5.74, 6) is 0.893. The molecule has 132 valence electrons. The van der Waals surface area contributed by atoms with E-state index in [1.165, 1.54) is 29.3 Å². The molecule has 0 saturated carbocycles. The van der Waals surface area contributed by atoms with Crippen LogP contribution < -0.4 is 15.5 Å². The Kier molecular flexibility index (Phi) is 4.24. The van der Waals surface area contributed by atoms with Crippen LogP contribution in [0.15, 0.2) is 24.3 Å². The molecule has 3 heterocycles. The predicted octanol–water partition coefficient (Wildman–Crippen LogP) is 2.85. The average Bonchev–Trinajstić information content (AvgIpc) is 3.15. The van der Waals surface area contributed by atoms with Gasteiger partial charge in [0.1, 0.15) is 5.82 Å². The third kappa shape index (κ3) is 2.92. The molecule has 0 bridgehead atoms. The van der Waals surface area contributed by atoms with Gasteiger partial charge in [0.15, 0.2) is 0 Å². The van der Waals surface area contributed by atoms with Crippen LogP contribution >= 0.6 is 0 Å². The second-order valence-corrected chi connectivity index (χ2v) is 7.27. The molecule has 1 aromatic heterocycles. The van der Waals surface area contributed by atoms with E-state index in [9.17, 15) is 4.79 Å². The van der Waals surface area contributed by atoms with Gasteiger partial charge in [-0.25, -0.2) is 4.98 Å². The Morgan fingerprint density at radius 1 is 1.04 bits per heavy atom. The van der Waals surface area contributed by atoms with Crippen LogP contribution in [0.1, 0.15) is 31.4 Å². The minimum atomic E-state index is -0.168. The number of fused-ring (bicyclic) bond motifs is 1. The largest absolute Gasteiger partial charge is 0.370 e. The highest BCUT2D eigenvalue weighted by Crippen LogP contribution is 2.37. The van der Waals surface area contributed by atoms with Crippen molar-refractivity contribution in [3.63, 3.8) is 0 Å². The van der Waals surface area contributed by atoms with Crippen molar-refractivity contribution in [2.24, 2.45) is 11.7 Å². The first-order chi connectivity index (χ1) is 12.1. The fourth-order valence-corrected chi connectivity index (χ4v) is 4.31. The van der Waals surface area contributed by atoms with Crippen LogP contribution in [0.4, 0.5) is 11.5 Å². The number of carbonyl (C=O) groups is 1. The van der Waals surface area contributed by atoms with Gasteiger partial charge in [-0.2, -0.15) is 0 Å². The zero-order valence-corrected chi connectivity index (χ0v) is 14.9. The SMILES string of the molecule is Cc1nc(N2CCC(C(N)=O)CC2)c2ccccc2c1N1CCCC1. The van der Waals surface area contributed by atoms with Crippen LogP contribution in [-0.4, -0.2) is 37.1 Å². The van der Waals surface area contributed by atoms with Crippen LogP contribution in [-0.2, 0) is 4.79 Å². The summed E-state index contributed by atoms with van der Waals surface area (Å²) in [5, 5.41) is 2.51. The van der Waals surface area contributed by atoms with Crippen molar-refractivity contribution in [3.8, 4) is 0 Å². The van der Waals surface area contributed by atoms with Gasteiger partial charge < -0.3 is 15.5 Å². The molecule has 0 atom stereocenters. The predicted molar refractivity (Wildman–Crippen MR) is 102 cm³/mol. The summed E-state index contributed by atoms with van der Waals surface area (Å²) in [6.45, 7) is 6.05. The van der Waals surface area contributed by atoms with Crippen molar-refractivity contribution < 1.29 is 4.79 Å². The first-order valence-electron chi connectivity index (χ1n) is 9.33. The number of piperidine rings is 1. The summed E-state index contributed by atoms with van der Waals surface area (Å²) in [4.78, 5) is 21.2. The Morgan fingerprint density at radius 3 is 2.32 bits per heavy atom. The highest BCUT2D eigenvalue weighted by atomic mass is 16.1. The lowest BCUT2D eigenvalue weighted by Gasteiger charge is -2.33. The molecular weight excluding hydrogens is 312 g/mol. The number of aromatic nitrogens is 1. The van der Waals surface area contributed by atoms with Gasteiger partial charge >= 0.3 is 0 Å². The molecule has 25 heavy (non-hydrogen) atoms. The molecule has 0 spiro atoms. The van der Waals surface area contributed by atoms with E-state index in [0.29, 0.717) is 0 Å². The van der Waals surface area contributed by atoms with Crippen molar-refractivity contribution in [1.29, 1.82) is 0 Å². The number of aryl methyl sites for hydroxylation is 1. The Bertz CT molecular complexity index is 790. The highest BCUT2D eigenvalue weighted by Gasteiger charge is 2.26. The molecule has 2 aliphatic heterocycles. The number of primary amides is 1. The van der Waals surface area contributed by atoms with Crippen LogP contribution in [0.25, 0.3) is 10.8 Å². The van der Waals surface area contributed by atoms with Crippen LogP contribution in [0, 0.1) is 12.8 Å². The number of rotatable bonds is 3. The maximum Gasteiger partial charge on any atom is 0.220 e. The van der Waals surface area contributed by atoms with Gasteiger partial charge in [-0.3, -0.25) is 4.79 Å². The molecule has 2 aliphatic rings. The molecule has 4 rings (SSSR count). The summed E-state index contributed by atoms with van der Waals surface area (Å²) in [7, 11) is 0. The molecule has 0 radical (unpaired) electrons. The molecule has 1 amide bonds.